The van der Waals surface area contributed by atoms with Gasteiger partial charge in [0.1, 0.15) is 17.9 Å². The number of amides is 1. The summed E-state index contributed by atoms with van der Waals surface area (Å²) in [6.45, 7) is -1.34. The molecule has 2 atom stereocenters. The fraction of sp³-hybridized carbons (Fsp3) is 0.208. The van der Waals surface area contributed by atoms with E-state index >= 15 is 0 Å². The summed E-state index contributed by atoms with van der Waals surface area (Å²) in [7, 11) is 0. The maximum atomic E-state index is 12.3. The second kappa shape index (κ2) is 12.2. The number of nitrogens with one attached hydrogen (secondary N) is 1. The standard InChI is InChI=1S/C24H21NO12/c26-18(27)12-34-15-6-7-16-14(8-19(28)37-17(16)9-15)11-36-24(33)25-20(22(29)30)21(23(31)32)35-10-13-4-2-1-3-5-13/h1-9,20-21H,10-12H2,(H,25,33)(H,26,27)(H,29,30)(H,31,32)/t20-,21-/m0/s1. The topological polar surface area (TPSA) is 199 Å². The Morgan fingerprint density at radius 1 is 0.919 bits per heavy atom. The molecule has 0 fully saturated rings. The van der Waals surface area contributed by atoms with E-state index in [2.05, 4.69) is 0 Å². The predicted molar refractivity (Wildman–Crippen MR) is 123 cm³/mol. The Balaban J connectivity index is 1.69. The van der Waals surface area contributed by atoms with Crippen LogP contribution in [0.1, 0.15) is 11.1 Å². The highest BCUT2D eigenvalue weighted by atomic mass is 16.6. The molecule has 13 nitrogen and oxygen atoms in total. The molecule has 0 bridgehead atoms. The number of carbonyl (C=O) groups is 4. The maximum absolute atomic E-state index is 12.3. The van der Waals surface area contributed by atoms with Gasteiger partial charge in [0, 0.05) is 23.1 Å². The summed E-state index contributed by atoms with van der Waals surface area (Å²) < 4.78 is 20.4. The van der Waals surface area contributed by atoms with E-state index in [0.717, 1.165) is 6.07 Å². The van der Waals surface area contributed by atoms with Crippen LogP contribution in [0.25, 0.3) is 11.0 Å². The minimum atomic E-state index is -1.99. The molecule has 4 N–H and O–H groups in total. The summed E-state index contributed by atoms with van der Waals surface area (Å²) in [6, 6.07) is 11.6. The first-order valence-electron chi connectivity index (χ1n) is 10.6. The monoisotopic (exact) mass is 515 g/mol. The second-order valence-electron chi connectivity index (χ2n) is 7.52. The van der Waals surface area contributed by atoms with Gasteiger partial charge in [-0.25, -0.2) is 24.0 Å². The number of ether oxygens (including phenoxy) is 3. The second-order valence-corrected chi connectivity index (χ2v) is 7.52. The van der Waals surface area contributed by atoms with Crippen molar-refractivity contribution in [3.05, 3.63) is 76.1 Å². The Morgan fingerprint density at radius 3 is 2.30 bits per heavy atom. The molecule has 0 radical (unpaired) electrons. The van der Waals surface area contributed by atoms with Gasteiger partial charge in [-0.15, -0.1) is 0 Å². The molecule has 0 aliphatic heterocycles. The first kappa shape index (κ1) is 26.7. The van der Waals surface area contributed by atoms with E-state index in [4.69, 9.17) is 23.7 Å². The summed E-state index contributed by atoms with van der Waals surface area (Å²) in [5.41, 5.74) is 0.00330. The number of benzene rings is 2. The third kappa shape index (κ3) is 7.53. The molecular weight excluding hydrogens is 494 g/mol. The Morgan fingerprint density at radius 2 is 1.65 bits per heavy atom. The number of carboxylic acids is 3. The molecule has 0 saturated carbocycles. The molecule has 1 aromatic heterocycles. The van der Waals surface area contributed by atoms with E-state index in [1.165, 1.54) is 18.2 Å². The van der Waals surface area contributed by atoms with Crippen molar-refractivity contribution in [2.24, 2.45) is 0 Å². The average molecular weight is 515 g/mol. The fourth-order valence-corrected chi connectivity index (χ4v) is 3.21. The molecule has 0 saturated heterocycles. The van der Waals surface area contributed by atoms with Crippen molar-refractivity contribution in [3.63, 3.8) is 0 Å². The van der Waals surface area contributed by atoms with Crippen LogP contribution in [-0.4, -0.2) is 58.1 Å². The molecule has 194 valence electrons. The van der Waals surface area contributed by atoms with Crippen LogP contribution < -0.4 is 15.7 Å². The lowest BCUT2D eigenvalue weighted by molar-refractivity contribution is -0.161. The summed E-state index contributed by atoms with van der Waals surface area (Å²) in [4.78, 5) is 58.3. The molecule has 1 amide bonds. The molecule has 3 rings (SSSR count). The van der Waals surface area contributed by atoms with Gasteiger partial charge in [-0.05, 0) is 17.7 Å². The SMILES string of the molecule is O=C(O)COc1ccc2c(COC(=O)N[C@H](C(=O)O)[C@H](OCc3ccccc3)C(=O)O)cc(=O)oc2c1. The van der Waals surface area contributed by atoms with Gasteiger partial charge in [0.2, 0.25) is 0 Å². The lowest BCUT2D eigenvalue weighted by atomic mass is 10.1. The number of aliphatic carboxylic acids is 3. The van der Waals surface area contributed by atoms with E-state index < -0.39 is 55.0 Å². The number of hydrogen-bond acceptors (Lipinski definition) is 9. The molecule has 13 heteroatoms. The first-order chi connectivity index (χ1) is 17.6. The minimum absolute atomic E-state index is 0.0260. The van der Waals surface area contributed by atoms with Crippen molar-refractivity contribution >= 4 is 35.0 Å². The van der Waals surface area contributed by atoms with Crippen molar-refractivity contribution in [1.82, 2.24) is 5.32 Å². The predicted octanol–water partition coefficient (Wildman–Crippen LogP) is 1.61. The Kier molecular flexibility index (Phi) is 8.78. The summed E-state index contributed by atoms with van der Waals surface area (Å²) >= 11 is 0. The zero-order chi connectivity index (χ0) is 26.9. The number of carboxylic acid groups (broad SMARTS) is 3. The van der Waals surface area contributed by atoms with Crippen LogP contribution in [0, 0.1) is 0 Å². The van der Waals surface area contributed by atoms with E-state index in [-0.39, 0.29) is 23.5 Å². The lowest BCUT2D eigenvalue weighted by Gasteiger charge is -2.21. The number of rotatable bonds is 12. The number of fused-ring (bicyclic) bond motifs is 1. The van der Waals surface area contributed by atoms with Gasteiger partial charge in [0.25, 0.3) is 0 Å². The highest BCUT2D eigenvalue weighted by Gasteiger charge is 2.36. The van der Waals surface area contributed by atoms with Crippen molar-refractivity contribution in [1.29, 1.82) is 0 Å². The highest BCUT2D eigenvalue weighted by molar-refractivity contribution is 5.88. The normalized spacial score (nSPS) is 12.3. The van der Waals surface area contributed by atoms with E-state index in [1.54, 1.807) is 30.3 Å². The Bertz CT molecular complexity index is 1350. The van der Waals surface area contributed by atoms with Crippen molar-refractivity contribution in [2.45, 2.75) is 25.4 Å². The zero-order valence-electron chi connectivity index (χ0n) is 19.0. The van der Waals surface area contributed by atoms with Crippen LogP contribution in [0.5, 0.6) is 5.75 Å². The molecule has 0 aliphatic carbocycles. The van der Waals surface area contributed by atoms with Gasteiger partial charge in [-0.1, -0.05) is 30.3 Å². The Hall–Kier alpha value is -4.91. The van der Waals surface area contributed by atoms with E-state index in [9.17, 15) is 34.2 Å². The van der Waals surface area contributed by atoms with Gasteiger partial charge < -0.3 is 39.3 Å². The molecule has 0 unspecified atom stereocenters. The zero-order valence-corrected chi connectivity index (χ0v) is 19.0. The molecule has 3 aromatic rings. The lowest BCUT2D eigenvalue weighted by Crippen LogP contribution is -2.53. The molecule has 2 aromatic carbocycles. The van der Waals surface area contributed by atoms with Crippen molar-refractivity contribution < 1.29 is 53.1 Å². The third-order valence-corrected chi connectivity index (χ3v) is 4.88. The van der Waals surface area contributed by atoms with Gasteiger partial charge >= 0.3 is 29.6 Å². The smallest absolute Gasteiger partial charge is 0.408 e. The molecule has 0 aliphatic rings. The van der Waals surface area contributed by atoms with E-state index in [1.807, 2.05) is 5.32 Å². The van der Waals surface area contributed by atoms with Crippen LogP contribution in [0.2, 0.25) is 0 Å². The van der Waals surface area contributed by atoms with Gasteiger partial charge in [-0.3, -0.25) is 0 Å². The third-order valence-electron chi connectivity index (χ3n) is 4.88. The summed E-state index contributed by atoms with van der Waals surface area (Å²) in [5.74, 6) is -4.37. The van der Waals surface area contributed by atoms with Crippen LogP contribution in [0.4, 0.5) is 4.79 Å². The van der Waals surface area contributed by atoms with Gasteiger partial charge in [0.05, 0.1) is 6.61 Å². The van der Waals surface area contributed by atoms with Crippen LogP contribution in [0.15, 0.2) is 63.8 Å². The van der Waals surface area contributed by atoms with Gasteiger partial charge in [0.15, 0.2) is 18.8 Å². The van der Waals surface area contributed by atoms with Crippen LogP contribution in [0.3, 0.4) is 0 Å². The van der Waals surface area contributed by atoms with Crippen LogP contribution >= 0.6 is 0 Å². The summed E-state index contributed by atoms with van der Waals surface area (Å²) in [5, 5.41) is 30.0. The number of alkyl carbamates (subject to hydrolysis) is 1. The molecule has 1 heterocycles. The summed E-state index contributed by atoms with van der Waals surface area (Å²) in [6.07, 6.45) is -3.20. The quantitative estimate of drug-likeness (QED) is 0.254. The van der Waals surface area contributed by atoms with E-state index in [0.29, 0.717) is 10.9 Å². The highest BCUT2D eigenvalue weighted by Crippen LogP contribution is 2.23. The fourth-order valence-electron chi connectivity index (χ4n) is 3.21. The van der Waals surface area contributed by atoms with Crippen molar-refractivity contribution in [3.8, 4) is 5.75 Å². The number of hydrogen-bond donors (Lipinski definition) is 4. The Labute approximate surface area is 207 Å². The minimum Gasteiger partial charge on any atom is -0.482 e. The molecular formula is C24H21NO12. The average Bonchev–Trinajstić information content (AvgIpc) is 2.85. The number of carbonyl (C=O) groups excluding carboxylic acids is 1. The van der Waals surface area contributed by atoms with Gasteiger partial charge in [-0.2, -0.15) is 0 Å². The van der Waals surface area contributed by atoms with Crippen LogP contribution in [-0.2, 0) is 37.1 Å². The maximum Gasteiger partial charge on any atom is 0.408 e. The largest absolute Gasteiger partial charge is 0.482 e. The molecule has 0 spiro atoms. The first-order valence-corrected chi connectivity index (χ1v) is 10.6. The molecule has 37 heavy (non-hydrogen) atoms. The van der Waals surface area contributed by atoms with Crippen molar-refractivity contribution in [2.75, 3.05) is 6.61 Å².